The third-order valence-electron chi connectivity index (χ3n) is 1.32. The smallest absolute Gasteiger partial charge is 0.0247 e. The highest BCUT2D eigenvalue weighted by molar-refractivity contribution is 5.00. The molecule has 0 aromatic heterocycles. The van der Waals surface area contributed by atoms with Crippen molar-refractivity contribution < 1.29 is 0 Å². The minimum Gasteiger partial charge on any atom is -0.326 e. The van der Waals surface area contributed by atoms with Gasteiger partial charge in [-0.1, -0.05) is 26.8 Å². The zero-order chi connectivity index (χ0) is 7.98. The fraction of sp³-hybridized carbons (Fsp3) is 0.750. The van der Waals surface area contributed by atoms with Gasteiger partial charge in [-0.15, -0.1) is 0 Å². The van der Waals surface area contributed by atoms with E-state index in [2.05, 4.69) is 37.7 Å². The molecule has 2 nitrogen and oxygen atoms in total. The average molecular weight is 142 g/mol. The summed E-state index contributed by atoms with van der Waals surface area (Å²) < 4.78 is 0. The SMILES string of the molecule is CC/C=C(/NNC)C(C)C. The van der Waals surface area contributed by atoms with E-state index in [1.165, 1.54) is 5.70 Å². The summed E-state index contributed by atoms with van der Waals surface area (Å²) in [5, 5.41) is 0. The molecule has 2 N–H and O–H groups in total. The van der Waals surface area contributed by atoms with Gasteiger partial charge in [0.15, 0.2) is 0 Å². The maximum atomic E-state index is 3.09. The van der Waals surface area contributed by atoms with E-state index in [0.29, 0.717) is 5.92 Å². The predicted octanol–water partition coefficient (Wildman–Crippen LogP) is 1.66. The highest BCUT2D eigenvalue weighted by Gasteiger charge is 1.98. The molecule has 0 atom stereocenters. The first-order chi connectivity index (χ1) is 4.72. The topological polar surface area (TPSA) is 24.1 Å². The van der Waals surface area contributed by atoms with Crippen molar-refractivity contribution in [3.05, 3.63) is 11.8 Å². The van der Waals surface area contributed by atoms with Gasteiger partial charge in [0.05, 0.1) is 0 Å². The normalized spacial score (nSPS) is 12.3. The van der Waals surface area contributed by atoms with E-state index in [0.717, 1.165) is 6.42 Å². The Morgan fingerprint density at radius 2 is 2.10 bits per heavy atom. The molecule has 0 saturated carbocycles. The van der Waals surface area contributed by atoms with Crippen LogP contribution in [0.2, 0.25) is 0 Å². The van der Waals surface area contributed by atoms with Gasteiger partial charge in [0.2, 0.25) is 0 Å². The quantitative estimate of drug-likeness (QED) is 0.583. The van der Waals surface area contributed by atoms with Crippen molar-refractivity contribution >= 4 is 0 Å². The molecule has 0 radical (unpaired) electrons. The van der Waals surface area contributed by atoms with Crippen LogP contribution in [-0.2, 0) is 0 Å². The van der Waals surface area contributed by atoms with Crippen LogP contribution in [0.5, 0.6) is 0 Å². The number of rotatable bonds is 4. The van der Waals surface area contributed by atoms with E-state index in [-0.39, 0.29) is 0 Å². The van der Waals surface area contributed by atoms with E-state index in [1.807, 2.05) is 7.05 Å². The minimum atomic E-state index is 0.576. The highest BCUT2D eigenvalue weighted by Crippen LogP contribution is 2.04. The van der Waals surface area contributed by atoms with Crippen LogP contribution in [0, 0.1) is 5.92 Å². The lowest BCUT2D eigenvalue weighted by atomic mass is 10.1. The van der Waals surface area contributed by atoms with Crippen molar-refractivity contribution in [3.8, 4) is 0 Å². The van der Waals surface area contributed by atoms with E-state index >= 15 is 0 Å². The molecule has 10 heavy (non-hydrogen) atoms. The lowest BCUT2D eigenvalue weighted by molar-refractivity contribution is 0.590. The lowest BCUT2D eigenvalue weighted by Crippen LogP contribution is -2.29. The minimum absolute atomic E-state index is 0.576. The first-order valence-electron chi connectivity index (χ1n) is 3.85. The Kier molecular flexibility index (Phi) is 5.03. The van der Waals surface area contributed by atoms with E-state index in [1.54, 1.807) is 0 Å². The van der Waals surface area contributed by atoms with Crippen LogP contribution in [0.4, 0.5) is 0 Å². The zero-order valence-corrected chi connectivity index (χ0v) is 7.36. The van der Waals surface area contributed by atoms with Gasteiger partial charge in [-0.05, 0) is 12.3 Å². The van der Waals surface area contributed by atoms with Crippen molar-refractivity contribution in [2.75, 3.05) is 7.05 Å². The van der Waals surface area contributed by atoms with Gasteiger partial charge in [0.25, 0.3) is 0 Å². The molecule has 0 unspecified atom stereocenters. The largest absolute Gasteiger partial charge is 0.326 e. The van der Waals surface area contributed by atoms with Crippen molar-refractivity contribution in [2.45, 2.75) is 27.2 Å². The monoisotopic (exact) mass is 142 g/mol. The molecule has 0 rings (SSSR count). The lowest BCUT2D eigenvalue weighted by Gasteiger charge is -2.12. The summed E-state index contributed by atoms with van der Waals surface area (Å²) in [6, 6.07) is 0. The van der Waals surface area contributed by atoms with Crippen molar-refractivity contribution in [3.63, 3.8) is 0 Å². The molecular formula is C8H18N2. The molecule has 0 aromatic carbocycles. The highest BCUT2D eigenvalue weighted by atomic mass is 15.3. The van der Waals surface area contributed by atoms with Crippen LogP contribution in [0.25, 0.3) is 0 Å². The standard InChI is InChI=1S/C8H18N2/c1-5-6-8(7(2)3)10-9-4/h6-7,9-10H,5H2,1-4H3/b8-6+. The fourth-order valence-corrected chi connectivity index (χ4v) is 0.795. The number of hydrazine groups is 1. The van der Waals surface area contributed by atoms with Gasteiger partial charge in [-0.25, -0.2) is 5.43 Å². The first-order valence-corrected chi connectivity index (χ1v) is 3.85. The van der Waals surface area contributed by atoms with Gasteiger partial charge in [-0.3, -0.25) is 0 Å². The molecule has 0 aliphatic rings. The summed E-state index contributed by atoms with van der Waals surface area (Å²) in [6.07, 6.45) is 3.28. The van der Waals surface area contributed by atoms with E-state index in [9.17, 15) is 0 Å². The Balaban J connectivity index is 3.85. The number of hydrogen-bond acceptors (Lipinski definition) is 2. The molecule has 0 bridgehead atoms. The molecule has 0 saturated heterocycles. The van der Waals surface area contributed by atoms with Crippen molar-refractivity contribution in [2.24, 2.45) is 5.92 Å². The summed E-state index contributed by atoms with van der Waals surface area (Å²) >= 11 is 0. The Bertz CT molecular complexity index is 106. The molecule has 0 spiro atoms. The molecule has 0 aromatic rings. The van der Waals surface area contributed by atoms with Gasteiger partial charge in [-0.2, -0.15) is 0 Å². The van der Waals surface area contributed by atoms with Gasteiger partial charge in [0.1, 0.15) is 0 Å². The second kappa shape index (κ2) is 5.30. The van der Waals surface area contributed by atoms with Gasteiger partial charge in [0, 0.05) is 12.7 Å². The molecule has 0 amide bonds. The van der Waals surface area contributed by atoms with Gasteiger partial charge < -0.3 is 5.43 Å². The van der Waals surface area contributed by atoms with Crippen LogP contribution in [0.15, 0.2) is 11.8 Å². The third kappa shape index (κ3) is 3.51. The maximum Gasteiger partial charge on any atom is 0.0247 e. The molecule has 0 aliphatic heterocycles. The van der Waals surface area contributed by atoms with Crippen LogP contribution in [0.3, 0.4) is 0 Å². The Morgan fingerprint density at radius 3 is 2.40 bits per heavy atom. The first kappa shape index (κ1) is 9.50. The molecule has 2 heteroatoms. The second-order valence-corrected chi connectivity index (χ2v) is 2.60. The molecule has 0 aliphatic carbocycles. The predicted molar refractivity (Wildman–Crippen MR) is 45.4 cm³/mol. The van der Waals surface area contributed by atoms with Crippen LogP contribution in [0.1, 0.15) is 27.2 Å². The Labute approximate surface area is 63.7 Å². The third-order valence-corrected chi connectivity index (χ3v) is 1.32. The Morgan fingerprint density at radius 1 is 1.50 bits per heavy atom. The average Bonchev–Trinajstić information content (AvgIpc) is 1.87. The molecule has 0 heterocycles. The number of hydrogen-bond donors (Lipinski definition) is 2. The number of nitrogens with one attached hydrogen (secondary N) is 2. The molecule has 0 fully saturated rings. The molecule has 60 valence electrons. The zero-order valence-electron chi connectivity index (χ0n) is 7.36. The van der Waals surface area contributed by atoms with Gasteiger partial charge >= 0.3 is 0 Å². The van der Waals surface area contributed by atoms with Crippen LogP contribution >= 0.6 is 0 Å². The van der Waals surface area contributed by atoms with E-state index < -0.39 is 0 Å². The summed E-state index contributed by atoms with van der Waals surface area (Å²) in [4.78, 5) is 0. The second-order valence-electron chi connectivity index (χ2n) is 2.60. The summed E-state index contributed by atoms with van der Waals surface area (Å²) in [7, 11) is 1.88. The fourth-order valence-electron chi connectivity index (χ4n) is 0.795. The summed E-state index contributed by atoms with van der Waals surface area (Å²) in [6.45, 7) is 6.48. The Hall–Kier alpha value is -0.500. The van der Waals surface area contributed by atoms with Crippen LogP contribution in [-0.4, -0.2) is 7.05 Å². The van der Waals surface area contributed by atoms with Crippen molar-refractivity contribution in [1.29, 1.82) is 0 Å². The van der Waals surface area contributed by atoms with E-state index in [4.69, 9.17) is 0 Å². The summed E-state index contributed by atoms with van der Waals surface area (Å²) in [5.41, 5.74) is 7.28. The van der Waals surface area contributed by atoms with Crippen molar-refractivity contribution in [1.82, 2.24) is 10.9 Å². The summed E-state index contributed by atoms with van der Waals surface area (Å²) in [5.74, 6) is 0.576. The maximum absolute atomic E-state index is 3.09. The van der Waals surface area contributed by atoms with Crippen LogP contribution < -0.4 is 10.9 Å². The molecular weight excluding hydrogens is 124 g/mol. The number of allylic oxidation sites excluding steroid dienone is 2.